The van der Waals surface area contributed by atoms with Gasteiger partial charge in [0.15, 0.2) is 0 Å². The molecule has 0 saturated carbocycles. The molecule has 1 unspecified atom stereocenters. The van der Waals surface area contributed by atoms with E-state index in [-0.39, 0.29) is 11.9 Å². The summed E-state index contributed by atoms with van der Waals surface area (Å²) in [5.74, 6) is -0.877. The number of likely N-dealkylation sites (tertiary alicyclic amines) is 1. The summed E-state index contributed by atoms with van der Waals surface area (Å²) in [6.45, 7) is 5.02. The lowest BCUT2D eigenvalue weighted by molar-refractivity contribution is 0.0931. The van der Waals surface area contributed by atoms with Gasteiger partial charge in [-0.1, -0.05) is 0 Å². The Morgan fingerprint density at radius 2 is 2.28 bits per heavy atom. The van der Waals surface area contributed by atoms with Crippen molar-refractivity contribution >= 4 is 5.91 Å². The van der Waals surface area contributed by atoms with Crippen molar-refractivity contribution in [3.8, 4) is 0 Å². The monoisotopic (exact) mass is 251 g/mol. The first kappa shape index (κ1) is 13.0. The van der Waals surface area contributed by atoms with Crippen LogP contribution in [0.4, 0.5) is 4.39 Å². The largest absolute Gasteiger partial charge is 0.348 e. The van der Waals surface area contributed by atoms with Crippen LogP contribution in [-0.2, 0) is 0 Å². The van der Waals surface area contributed by atoms with Crippen molar-refractivity contribution in [3.05, 3.63) is 29.8 Å². The molecular formula is C13H18FN3O. The highest BCUT2D eigenvalue weighted by Gasteiger charge is 2.16. The fourth-order valence-electron chi connectivity index (χ4n) is 2.25. The SMILES string of the molecule is CC(CN1CCCC1)NC(=O)c1ccnc(F)c1. The number of pyridine rings is 1. The fraction of sp³-hybridized carbons (Fsp3) is 0.538. The van der Waals surface area contributed by atoms with E-state index in [4.69, 9.17) is 0 Å². The van der Waals surface area contributed by atoms with Gasteiger partial charge in [0.05, 0.1) is 0 Å². The number of rotatable bonds is 4. The molecule has 98 valence electrons. The van der Waals surface area contributed by atoms with Crippen LogP contribution < -0.4 is 5.32 Å². The predicted molar refractivity (Wildman–Crippen MR) is 66.8 cm³/mol. The van der Waals surface area contributed by atoms with Crippen LogP contribution in [0, 0.1) is 5.95 Å². The Labute approximate surface area is 106 Å². The standard InChI is InChI=1S/C13H18FN3O/c1-10(9-17-6-2-3-7-17)16-13(18)11-4-5-15-12(14)8-11/h4-5,8,10H,2-3,6-7,9H2,1H3,(H,16,18). The number of aromatic nitrogens is 1. The zero-order valence-corrected chi connectivity index (χ0v) is 10.5. The fourth-order valence-corrected chi connectivity index (χ4v) is 2.25. The van der Waals surface area contributed by atoms with Gasteiger partial charge in [0.1, 0.15) is 0 Å². The zero-order valence-electron chi connectivity index (χ0n) is 10.5. The molecule has 5 heteroatoms. The molecule has 2 rings (SSSR count). The van der Waals surface area contributed by atoms with E-state index < -0.39 is 5.95 Å². The Bertz CT molecular complexity index is 418. The summed E-state index contributed by atoms with van der Waals surface area (Å²) in [5, 5.41) is 2.88. The van der Waals surface area contributed by atoms with Gasteiger partial charge in [0, 0.05) is 30.4 Å². The van der Waals surface area contributed by atoms with Crippen LogP contribution in [0.1, 0.15) is 30.1 Å². The molecule has 1 atom stereocenters. The molecule has 2 heterocycles. The number of nitrogens with zero attached hydrogens (tertiary/aromatic N) is 2. The maximum Gasteiger partial charge on any atom is 0.251 e. The van der Waals surface area contributed by atoms with E-state index >= 15 is 0 Å². The maximum absolute atomic E-state index is 12.9. The summed E-state index contributed by atoms with van der Waals surface area (Å²) in [4.78, 5) is 17.6. The van der Waals surface area contributed by atoms with Gasteiger partial charge in [-0.15, -0.1) is 0 Å². The number of carbonyl (C=O) groups is 1. The van der Waals surface area contributed by atoms with E-state index in [0.29, 0.717) is 5.56 Å². The summed E-state index contributed by atoms with van der Waals surface area (Å²) >= 11 is 0. The molecule has 0 bridgehead atoms. The third-order valence-electron chi connectivity index (χ3n) is 3.10. The molecule has 1 amide bonds. The van der Waals surface area contributed by atoms with Crippen LogP contribution in [-0.4, -0.2) is 41.5 Å². The minimum absolute atomic E-state index is 0.0619. The van der Waals surface area contributed by atoms with Crippen molar-refractivity contribution < 1.29 is 9.18 Å². The van der Waals surface area contributed by atoms with Crippen LogP contribution in [0.5, 0.6) is 0 Å². The molecule has 0 spiro atoms. The molecule has 1 fully saturated rings. The van der Waals surface area contributed by atoms with Crippen molar-refractivity contribution in [1.82, 2.24) is 15.2 Å². The van der Waals surface area contributed by atoms with Crippen molar-refractivity contribution in [2.75, 3.05) is 19.6 Å². The number of carbonyl (C=O) groups excluding carboxylic acids is 1. The molecule has 0 aliphatic carbocycles. The van der Waals surface area contributed by atoms with Gasteiger partial charge in [-0.05, 0) is 38.9 Å². The zero-order chi connectivity index (χ0) is 13.0. The molecule has 18 heavy (non-hydrogen) atoms. The topological polar surface area (TPSA) is 45.2 Å². The molecule has 1 aromatic rings. The lowest BCUT2D eigenvalue weighted by Crippen LogP contribution is -2.41. The molecule has 1 aliphatic heterocycles. The first-order valence-electron chi connectivity index (χ1n) is 6.30. The Balaban J connectivity index is 1.86. The van der Waals surface area contributed by atoms with E-state index in [1.807, 2.05) is 6.92 Å². The lowest BCUT2D eigenvalue weighted by atomic mass is 10.2. The van der Waals surface area contributed by atoms with Crippen LogP contribution in [0.3, 0.4) is 0 Å². The summed E-state index contributed by atoms with van der Waals surface area (Å²) in [7, 11) is 0. The third kappa shape index (κ3) is 3.50. The van der Waals surface area contributed by atoms with Crippen molar-refractivity contribution in [2.24, 2.45) is 0 Å². The van der Waals surface area contributed by atoms with Crippen molar-refractivity contribution in [3.63, 3.8) is 0 Å². The Morgan fingerprint density at radius 3 is 2.94 bits per heavy atom. The summed E-state index contributed by atoms with van der Waals surface area (Å²) < 4.78 is 12.9. The second-order valence-corrected chi connectivity index (χ2v) is 4.75. The molecule has 1 saturated heterocycles. The van der Waals surface area contributed by atoms with Crippen molar-refractivity contribution in [1.29, 1.82) is 0 Å². The molecular weight excluding hydrogens is 233 g/mol. The average Bonchev–Trinajstić information content (AvgIpc) is 2.81. The van der Waals surface area contributed by atoms with E-state index in [1.54, 1.807) is 0 Å². The molecule has 0 aromatic carbocycles. The highest BCUT2D eigenvalue weighted by atomic mass is 19.1. The van der Waals surface area contributed by atoms with E-state index in [2.05, 4.69) is 15.2 Å². The third-order valence-corrected chi connectivity index (χ3v) is 3.10. The molecule has 1 aliphatic rings. The lowest BCUT2D eigenvalue weighted by Gasteiger charge is -2.21. The predicted octanol–water partition coefficient (Wildman–Crippen LogP) is 1.43. The average molecular weight is 251 g/mol. The minimum atomic E-state index is -0.630. The van der Waals surface area contributed by atoms with E-state index in [1.165, 1.54) is 25.1 Å². The second-order valence-electron chi connectivity index (χ2n) is 4.75. The van der Waals surface area contributed by atoms with Gasteiger partial charge in [-0.2, -0.15) is 4.39 Å². The molecule has 4 nitrogen and oxygen atoms in total. The van der Waals surface area contributed by atoms with Gasteiger partial charge in [0.25, 0.3) is 5.91 Å². The van der Waals surface area contributed by atoms with Crippen LogP contribution >= 0.6 is 0 Å². The first-order valence-corrected chi connectivity index (χ1v) is 6.30. The number of nitrogens with one attached hydrogen (secondary N) is 1. The highest BCUT2D eigenvalue weighted by molar-refractivity contribution is 5.94. The van der Waals surface area contributed by atoms with Crippen molar-refractivity contribution in [2.45, 2.75) is 25.8 Å². The summed E-state index contributed by atoms with van der Waals surface area (Å²) in [6.07, 6.45) is 3.77. The smallest absolute Gasteiger partial charge is 0.251 e. The number of hydrogen-bond acceptors (Lipinski definition) is 3. The van der Waals surface area contributed by atoms with E-state index in [9.17, 15) is 9.18 Å². The Hall–Kier alpha value is -1.49. The van der Waals surface area contributed by atoms with Gasteiger partial charge in [0.2, 0.25) is 5.95 Å². The molecule has 1 N–H and O–H groups in total. The summed E-state index contributed by atoms with van der Waals surface area (Å²) in [5.41, 5.74) is 0.316. The van der Waals surface area contributed by atoms with Gasteiger partial charge in [-0.25, -0.2) is 4.98 Å². The van der Waals surface area contributed by atoms with Gasteiger partial charge < -0.3 is 10.2 Å². The molecule has 0 radical (unpaired) electrons. The van der Waals surface area contributed by atoms with Gasteiger partial charge in [-0.3, -0.25) is 4.79 Å². The number of hydrogen-bond donors (Lipinski definition) is 1. The van der Waals surface area contributed by atoms with Crippen LogP contribution in [0.25, 0.3) is 0 Å². The maximum atomic E-state index is 12.9. The Kier molecular flexibility index (Phi) is 4.25. The number of amides is 1. The van der Waals surface area contributed by atoms with Crippen LogP contribution in [0.2, 0.25) is 0 Å². The normalized spacial score (nSPS) is 17.7. The highest BCUT2D eigenvalue weighted by Crippen LogP contribution is 2.08. The second kappa shape index (κ2) is 5.91. The molecule has 1 aromatic heterocycles. The quantitative estimate of drug-likeness (QED) is 0.823. The van der Waals surface area contributed by atoms with Crippen LogP contribution in [0.15, 0.2) is 18.3 Å². The number of halogens is 1. The van der Waals surface area contributed by atoms with Gasteiger partial charge >= 0.3 is 0 Å². The Morgan fingerprint density at radius 1 is 1.56 bits per heavy atom. The summed E-state index contributed by atoms with van der Waals surface area (Å²) in [6, 6.07) is 2.73. The minimum Gasteiger partial charge on any atom is -0.348 e. The first-order chi connectivity index (χ1) is 8.65. The van der Waals surface area contributed by atoms with E-state index in [0.717, 1.165) is 25.7 Å².